The highest BCUT2D eigenvalue weighted by atomic mass is 16.5. The molecular weight excluding hydrogens is 422 g/mol. The van der Waals surface area contributed by atoms with E-state index >= 15 is 0 Å². The van der Waals surface area contributed by atoms with Crippen molar-refractivity contribution in [2.45, 2.75) is 26.3 Å². The largest absolute Gasteiger partial charge is 0.496 e. The van der Waals surface area contributed by atoms with Crippen LogP contribution in [0.15, 0.2) is 109 Å². The molecule has 0 spiro atoms. The molecule has 4 aromatic rings. The maximum Gasteiger partial charge on any atom is 0.254 e. The van der Waals surface area contributed by atoms with Gasteiger partial charge in [-0.25, -0.2) is 0 Å². The quantitative estimate of drug-likeness (QED) is 0.286. The van der Waals surface area contributed by atoms with Gasteiger partial charge in [0, 0.05) is 24.2 Å². The minimum Gasteiger partial charge on any atom is -0.496 e. The van der Waals surface area contributed by atoms with E-state index in [4.69, 9.17) is 9.47 Å². The van der Waals surface area contributed by atoms with Crippen LogP contribution in [0, 0.1) is 0 Å². The fourth-order valence-electron chi connectivity index (χ4n) is 3.87. The second-order valence-corrected chi connectivity index (χ2v) is 8.14. The minimum absolute atomic E-state index is 0.0281. The number of carbonyl (C=O) groups excluding carboxylic acids is 1. The fraction of sp³-hybridized carbons (Fsp3) is 0.167. The van der Waals surface area contributed by atoms with Crippen molar-refractivity contribution < 1.29 is 14.3 Å². The van der Waals surface area contributed by atoms with E-state index in [9.17, 15) is 4.79 Å². The molecule has 0 saturated heterocycles. The van der Waals surface area contributed by atoms with Gasteiger partial charge in [0.2, 0.25) is 0 Å². The molecule has 0 heterocycles. The molecule has 4 nitrogen and oxygen atoms in total. The van der Waals surface area contributed by atoms with Crippen LogP contribution in [0.4, 0.5) is 0 Å². The predicted octanol–water partition coefficient (Wildman–Crippen LogP) is 6.25. The van der Waals surface area contributed by atoms with Crippen LogP contribution in [0.2, 0.25) is 0 Å². The van der Waals surface area contributed by atoms with Crippen LogP contribution < -0.4 is 4.74 Å². The van der Waals surface area contributed by atoms with Crippen LogP contribution in [0.3, 0.4) is 0 Å². The molecule has 0 saturated carbocycles. The maximum absolute atomic E-state index is 13.6. The average Bonchev–Trinajstić information content (AvgIpc) is 2.89. The Hall–Kier alpha value is -3.89. The highest BCUT2D eigenvalue weighted by Gasteiger charge is 2.18. The number of nitrogens with zero attached hydrogens (tertiary/aromatic N) is 1. The topological polar surface area (TPSA) is 38.8 Å². The lowest BCUT2D eigenvalue weighted by Gasteiger charge is -2.24. The van der Waals surface area contributed by atoms with Crippen molar-refractivity contribution in [2.75, 3.05) is 7.11 Å². The van der Waals surface area contributed by atoms with Crippen molar-refractivity contribution in [1.29, 1.82) is 0 Å². The molecule has 172 valence electrons. The molecule has 0 aliphatic heterocycles. The number of hydrogen-bond acceptors (Lipinski definition) is 3. The third-order valence-electron chi connectivity index (χ3n) is 5.62. The van der Waals surface area contributed by atoms with E-state index in [1.54, 1.807) is 7.11 Å². The standard InChI is InChI=1S/C30H29NO3/c1-33-29-18-17-27(19-28(29)23-34-22-26-15-9-4-10-16-26)30(32)31(20-24-11-5-2-6-12-24)21-25-13-7-3-8-14-25/h2-19H,20-23H2,1H3. The highest BCUT2D eigenvalue weighted by Crippen LogP contribution is 2.23. The first-order valence-electron chi connectivity index (χ1n) is 11.4. The number of methoxy groups -OCH3 is 1. The van der Waals surface area contributed by atoms with E-state index in [0.717, 1.165) is 22.3 Å². The first kappa shape index (κ1) is 23.3. The molecule has 0 bridgehead atoms. The van der Waals surface area contributed by atoms with Gasteiger partial charge in [-0.3, -0.25) is 4.79 Å². The summed E-state index contributed by atoms with van der Waals surface area (Å²) in [7, 11) is 1.63. The molecule has 0 aliphatic carbocycles. The summed E-state index contributed by atoms with van der Waals surface area (Å²) in [6.07, 6.45) is 0. The maximum atomic E-state index is 13.6. The van der Waals surface area contributed by atoms with Gasteiger partial charge >= 0.3 is 0 Å². The van der Waals surface area contributed by atoms with Gasteiger partial charge in [0.25, 0.3) is 5.91 Å². The minimum atomic E-state index is -0.0281. The second-order valence-electron chi connectivity index (χ2n) is 8.14. The van der Waals surface area contributed by atoms with E-state index in [-0.39, 0.29) is 5.91 Å². The van der Waals surface area contributed by atoms with Crippen LogP contribution in [0.5, 0.6) is 5.75 Å². The van der Waals surface area contributed by atoms with Gasteiger partial charge in [0.05, 0.1) is 20.3 Å². The summed E-state index contributed by atoms with van der Waals surface area (Å²) >= 11 is 0. The number of carbonyl (C=O) groups is 1. The Morgan fingerprint density at radius 3 is 1.74 bits per heavy atom. The summed E-state index contributed by atoms with van der Waals surface area (Å²) < 4.78 is 11.5. The van der Waals surface area contributed by atoms with Crippen LogP contribution in [-0.4, -0.2) is 17.9 Å². The van der Waals surface area contributed by atoms with Crippen molar-refractivity contribution in [3.05, 3.63) is 137 Å². The molecular formula is C30H29NO3. The summed E-state index contributed by atoms with van der Waals surface area (Å²) in [4.78, 5) is 15.5. The van der Waals surface area contributed by atoms with Crippen molar-refractivity contribution in [3.8, 4) is 5.75 Å². The lowest BCUT2D eigenvalue weighted by Crippen LogP contribution is -2.30. The number of hydrogen-bond donors (Lipinski definition) is 0. The molecule has 0 unspecified atom stereocenters. The van der Waals surface area contributed by atoms with Crippen molar-refractivity contribution in [3.63, 3.8) is 0 Å². The van der Waals surface area contributed by atoms with E-state index < -0.39 is 0 Å². The SMILES string of the molecule is COc1ccc(C(=O)N(Cc2ccccc2)Cc2ccccc2)cc1COCc1ccccc1. The molecule has 0 aromatic heterocycles. The van der Waals surface area contributed by atoms with E-state index in [1.165, 1.54) is 0 Å². The highest BCUT2D eigenvalue weighted by molar-refractivity contribution is 5.94. The summed E-state index contributed by atoms with van der Waals surface area (Å²) in [6, 6.07) is 35.7. The van der Waals surface area contributed by atoms with Crippen LogP contribution >= 0.6 is 0 Å². The predicted molar refractivity (Wildman–Crippen MR) is 134 cm³/mol. The zero-order valence-electron chi connectivity index (χ0n) is 19.4. The van der Waals surface area contributed by atoms with Gasteiger partial charge in [-0.1, -0.05) is 91.0 Å². The van der Waals surface area contributed by atoms with Gasteiger partial charge in [0.15, 0.2) is 0 Å². The van der Waals surface area contributed by atoms with Gasteiger partial charge < -0.3 is 14.4 Å². The number of amides is 1. The van der Waals surface area contributed by atoms with Gasteiger partial charge in [-0.15, -0.1) is 0 Å². The van der Waals surface area contributed by atoms with Gasteiger partial charge in [-0.2, -0.15) is 0 Å². The van der Waals surface area contributed by atoms with E-state index in [0.29, 0.717) is 37.6 Å². The molecule has 4 aromatic carbocycles. The summed E-state index contributed by atoms with van der Waals surface area (Å²) in [6.45, 7) is 1.91. The Labute approximate surface area is 201 Å². The van der Waals surface area contributed by atoms with Crippen molar-refractivity contribution in [1.82, 2.24) is 4.90 Å². The van der Waals surface area contributed by atoms with Crippen molar-refractivity contribution in [2.24, 2.45) is 0 Å². The third-order valence-corrected chi connectivity index (χ3v) is 5.62. The zero-order chi connectivity index (χ0) is 23.6. The Kier molecular flexibility index (Phi) is 8.09. The summed E-state index contributed by atoms with van der Waals surface area (Å²) in [5.41, 5.74) is 4.75. The molecule has 4 heteroatoms. The second kappa shape index (κ2) is 11.8. The average molecular weight is 452 g/mol. The fourth-order valence-corrected chi connectivity index (χ4v) is 3.87. The lowest BCUT2D eigenvalue weighted by atomic mass is 10.1. The van der Waals surface area contributed by atoms with E-state index in [1.807, 2.05) is 114 Å². The molecule has 0 radical (unpaired) electrons. The normalized spacial score (nSPS) is 10.6. The molecule has 0 aliphatic rings. The lowest BCUT2D eigenvalue weighted by molar-refractivity contribution is 0.0729. The molecule has 1 amide bonds. The van der Waals surface area contributed by atoms with Crippen LogP contribution in [0.25, 0.3) is 0 Å². The first-order chi connectivity index (χ1) is 16.7. The monoisotopic (exact) mass is 451 g/mol. The Balaban J connectivity index is 1.54. The summed E-state index contributed by atoms with van der Waals surface area (Å²) in [5.74, 6) is 0.682. The Bertz CT molecular complexity index is 1140. The zero-order valence-corrected chi connectivity index (χ0v) is 19.4. The molecule has 0 N–H and O–H groups in total. The van der Waals surface area contributed by atoms with Gasteiger partial charge in [0.1, 0.15) is 5.75 Å². The van der Waals surface area contributed by atoms with Crippen molar-refractivity contribution >= 4 is 5.91 Å². The molecule has 4 rings (SSSR count). The number of rotatable bonds is 10. The Morgan fingerprint density at radius 1 is 0.676 bits per heavy atom. The molecule has 34 heavy (non-hydrogen) atoms. The van der Waals surface area contributed by atoms with Crippen LogP contribution in [-0.2, 0) is 31.0 Å². The smallest absolute Gasteiger partial charge is 0.254 e. The third kappa shape index (κ3) is 6.33. The van der Waals surface area contributed by atoms with E-state index in [2.05, 4.69) is 0 Å². The number of benzene rings is 4. The Morgan fingerprint density at radius 2 is 1.21 bits per heavy atom. The first-order valence-corrected chi connectivity index (χ1v) is 11.4. The molecule has 0 atom stereocenters. The van der Waals surface area contributed by atoms with Gasteiger partial charge in [-0.05, 0) is 34.9 Å². The van der Waals surface area contributed by atoms with Crippen LogP contribution in [0.1, 0.15) is 32.6 Å². The molecule has 0 fully saturated rings. The number of ether oxygens (including phenoxy) is 2. The summed E-state index contributed by atoms with van der Waals surface area (Å²) in [5, 5.41) is 0.